The van der Waals surface area contributed by atoms with Crippen LogP contribution in [-0.4, -0.2) is 41.7 Å². The van der Waals surface area contributed by atoms with Gasteiger partial charge in [0, 0.05) is 22.7 Å². The molecule has 1 amide bonds. The first-order valence-corrected chi connectivity index (χ1v) is 11.2. The summed E-state index contributed by atoms with van der Waals surface area (Å²) in [6.45, 7) is 3.22. The second-order valence-electron chi connectivity index (χ2n) is 7.35. The number of nitrogens with one attached hydrogen (secondary N) is 1. The van der Waals surface area contributed by atoms with Gasteiger partial charge in [0.15, 0.2) is 0 Å². The fourth-order valence-electron chi connectivity index (χ4n) is 3.57. The Balaban J connectivity index is 1.74. The summed E-state index contributed by atoms with van der Waals surface area (Å²) in [5, 5.41) is 10.4. The molecule has 0 aromatic heterocycles. The molecule has 3 rings (SSSR count). The van der Waals surface area contributed by atoms with E-state index in [1.807, 2.05) is 71.4 Å². The van der Waals surface area contributed by atoms with Crippen LogP contribution in [0, 0.1) is 5.41 Å². The molecule has 0 radical (unpaired) electrons. The minimum absolute atomic E-state index is 0.0567. The van der Waals surface area contributed by atoms with Gasteiger partial charge in [-0.05, 0) is 54.7 Å². The smallest absolute Gasteiger partial charge is 0.245 e. The number of carbonyl (C=O) groups is 1. The molecular formula is C22H26ClN3OS. The third-order valence-corrected chi connectivity index (χ3v) is 5.87. The molecule has 1 atom stereocenters. The van der Waals surface area contributed by atoms with E-state index in [0.717, 1.165) is 42.1 Å². The molecule has 2 aromatic rings. The quantitative estimate of drug-likeness (QED) is 0.606. The molecule has 2 aromatic carbocycles. The average molecular weight is 416 g/mol. The van der Waals surface area contributed by atoms with Gasteiger partial charge in [0.05, 0.1) is 5.71 Å². The number of nitrogens with zero attached hydrogens (tertiary/aromatic N) is 2. The zero-order valence-corrected chi connectivity index (χ0v) is 17.9. The number of amides is 1. The summed E-state index contributed by atoms with van der Waals surface area (Å²) >= 11 is 7.92. The van der Waals surface area contributed by atoms with Gasteiger partial charge in [-0.25, -0.2) is 0 Å². The minimum Gasteiger partial charge on any atom is -0.324 e. The first-order chi connectivity index (χ1) is 13.5. The Morgan fingerprint density at radius 1 is 1.21 bits per heavy atom. The largest absolute Gasteiger partial charge is 0.324 e. The Hall–Kier alpha value is -1.98. The molecule has 1 aliphatic heterocycles. The Kier molecular flexibility index (Phi) is 7.03. The van der Waals surface area contributed by atoms with Crippen LogP contribution in [0.5, 0.6) is 0 Å². The Morgan fingerprint density at radius 3 is 2.61 bits per heavy atom. The van der Waals surface area contributed by atoms with Gasteiger partial charge in [-0.15, -0.1) is 0 Å². The van der Waals surface area contributed by atoms with Crippen molar-refractivity contribution in [3.05, 3.63) is 65.2 Å². The summed E-state index contributed by atoms with van der Waals surface area (Å²) in [5.41, 5.74) is 2.83. The molecule has 0 spiro atoms. The monoisotopic (exact) mass is 415 g/mol. The van der Waals surface area contributed by atoms with Crippen LogP contribution >= 0.6 is 23.4 Å². The maximum Gasteiger partial charge on any atom is 0.245 e. The standard InChI is InChI=1S/C22H26ClN3OS/c1-22(13-6-14-28-2)16-26(15-20(27)24-19-7-4-3-5-8-19)25-21(22)17-9-11-18(23)12-10-17/h3-5,7-12H,6,13-16H2,1-2H3,(H,24,27). The van der Waals surface area contributed by atoms with Crippen LogP contribution < -0.4 is 5.32 Å². The van der Waals surface area contributed by atoms with Crippen molar-refractivity contribution in [2.45, 2.75) is 19.8 Å². The van der Waals surface area contributed by atoms with E-state index in [-0.39, 0.29) is 17.9 Å². The number of hydrazone groups is 1. The van der Waals surface area contributed by atoms with E-state index in [1.165, 1.54) is 0 Å². The van der Waals surface area contributed by atoms with Crippen molar-refractivity contribution in [3.63, 3.8) is 0 Å². The maximum atomic E-state index is 12.5. The van der Waals surface area contributed by atoms with Crippen LogP contribution in [0.2, 0.25) is 5.02 Å². The number of hydrogen-bond donors (Lipinski definition) is 1. The highest BCUT2D eigenvalue weighted by Crippen LogP contribution is 2.36. The highest BCUT2D eigenvalue weighted by Gasteiger charge is 2.39. The van der Waals surface area contributed by atoms with E-state index >= 15 is 0 Å². The van der Waals surface area contributed by atoms with Crippen molar-refractivity contribution < 1.29 is 4.79 Å². The zero-order chi connectivity index (χ0) is 20.0. The summed E-state index contributed by atoms with van der Waals surface area (Å²) in [6.07, 6.45) is 4.28. The van der Waals surface area contributed by atoms with E-state index in [4.69, 9.17) is 16.7 Å². The van der Waals surface area contributed by atoms with E-state index in [9.17, 15) is 4.79 Å². The summed E-state index contributed by atoms with van der Waals surface area (Å²) in [7, 11) is 0. The second kappa shape index (κ2) is 9.48. The number of thioether (sulfide) groups is 1. The first-order valence-electron chi connectivity index (χ1n) is 9.44. The summed E-state index contributed by atoms with van der Waals surface area (Å²) < 4.78 is 0. The highest BCUT2D eigenvalue weighted by atomic mass is 35.5. The Morgan fingerprint density at radius 2 is 1.93 bits per heavy atom. The zero-order valence-electron chi connectivity index (χ0n) is 16.3. The van der Waals surface area contributed by atoms with Gasteiger partial charge in [0.1, 0.15) is 6.54 Å². The molecule has 1 aliphatic rings. The van der Waals surface area contributed by atoms with E-state index in [2.05, 4.69) is 18.5 Å². The van der Waals surface area contributed by atoms with Gasteiger partial charge in [0.2, 0.25) is 5.91 Å². The second-order valence-corrected chi connectivity index (χ2v) is 8.77. The lowest BCUT2D eigenvalue weighted by molar-refractivity contribution is -0.117. The van der Waals surface area contributed by atoms with Crippen molar-refractivity contribution in [2.24, 2.45) is 10.5 Å². The van der Waals surface area contributed by atoms with Gasteiger partial charge in [-0.3, -0.25) is 9.80 Å². The first kappa shape index (κ1) is 20.7. The van der Waals surface area contributed by atoms with Crippen molar-refractivity contribution in [2.75, 3.05) is 30.4 Å². The third-order valence-electron chi connectivity index (χ3n) is 4.92. The van der Waals surface area contributed by atoms with Crippen molar-refractivity contribution in [1.29, 1.82) is 0 Å². The molecule has 1 heterocycles. The lowest BCUT2D eigenvalue weighted by Crippen LogP contribution is -2.34. The van der Waals surface area contributed by atoms with Crippen LogP contribution in [-0.2, 0) is 4.79 Å². The molecule has 1 unspecified atom stereocenters. The fourth-order valence-corrected chi connectivity index (χ4v) is 4.13. The molecule has 148 valence electrons. The van der Waals surface area contributed by atoms with Gasteiger partial charge < -0.3 is 5.32 Å². The van der Waals surface area contributed by atoms with E-state index < -0.39 is 0 Å². The number of carbonyl (C=O) groups excluding carboxylic acids is 1. The van der Waals surface area contributed by atoms with Gasteiger partial charge in [-0.2, -0.15) is 16.9 Å². The lowest BCUT2D eigenvalue weighted by atomic mass is 9.78. The predicted molar refractivity (Wildman–Crippen MR) is 120 cm³/mol. The summed E-state index contributed by atoms with van der Waals surface area (Å²) in [5.74, 6) is 1.07. The Labute approximate surface area is 176 Å². The van der Waals surface area contributed by atoms with Crippen LogP contribution in [0.4, 0.5) is 5.69 Å². The minimum atomic E-state index is -0.0867. The normalized spacial score (nSPS) is 18.8. The number of para-hydroxylation sites is 1. The maximum absolute atomic E-state index is 12.5. The lowest BCUT2D eigenvalue weighted by Gasteiger charge is -2.26. The molecule has 0 aliphatic carbocycles. The van der Waals surface area contributed by atoms with E-state index in [0.29, 0.717) is 5.02 Å². The Bertz CT molecular complexity index is 825. The fraction of sp³-hybridized carbons (Fsp3) is 0.364. The molecule has 1 N–H and O–H groups in total. The van der Waals surface area contributed by atoms with Crippen LogP contribution in [0.3, 0.4) is 0 Å². The third kappa shape index (κ3) is 5.30. The highest BCUT2D eigenvalue weighted by molar-refractivity contribution is 7.98. The number of rotatable bonds is 8. The van der Waals surface area contributed by atoms with Crippen molar-refractivity contribution in [3.8, 4) is 0 Å². The summed E-state index contributed by atoms with van der Waals surface area (Å²) in [4.78, 5) is 12.5. The van der Waals surface area contributed by atoms with Gasteiger partial charge in [0.25, 0.3) is 0 Å². The van der Waals surface area contributed by atoms with E-state index in [1.54, 1.807) is 0 Å². The molecule has 4 nitrogen and oxygen atoms in total. The van der Waals surface area contributed by atoms with Crippen LogP contribution in [0.1, 0.15) is 25.3 Å². The molecule has 6 heteroatoms. The SMILES string of the molecule is CSCCCC1(C)CN(CC(=O)Nc2ccccc2)N=C1c1ccc(Cl)cc1. The molecular weight excluding hydrogens is 390 g/mol. The van der Waals surface area contributed by atoms with Gasteiger partial charge in [-0.1, -0.05) is 48.9 Å². The summed E-state index contributed by atoms with van der Waals surface area (Å²) in [6, 6.07) is 17.3. The number of anilines is 1. The molecule has 0 bridgehead atoms. The molecule has 0 saturated carbocycles. The number of benzene rings is 2. The topological polar surface area (TPSA) is 44.7 Å². The van der Waals surface area contributed by atoms with Crippen LogP contribution in [0.25, 0.3) is 0 Å². The predicted octanol–water partition coefficient (Wildman–Crippen LogP) is 5.15. The molecule has 0 saturated heterocycles. The van der Waals surface area contributed by atoms with Gasteiger partial charge >= 0.3 is 0 Å². The number of halogens is 1. The number of hydrogen-bond acceptors (Lipinski definition) is 4. The molecule has 0 fully saturated rings. The van der Waals surface area contributed by atoms with Crippen molar-refractivity contribution >= 4 is 40.7 Å². The molecule has 28 heavy (non-hydrogen) atoms. The van der Waals surface area contributed by atoms with Crippen molar-refractivity contribution in [1.82, 2.24) is 5.01 Å². The average Bonchev–Trinajstić information content (AvgIpc) is 2.99. The van der Waals surface area contributed by atoms with Crippen LogP contribution in [0.15, 0.2) is 59.7 Å².